The number of aliphatic hydroxyl groups excluding tert-OH is 1. The molecule has 0 bridgehead atoms. The number of rotatable bonds is 5. The molecule has 0 spiro atoms. The van der Waals surface area contributed by atoms with Crippen LogP contribution in [0, 0.1) is 5.92 Å². The lowest BCUT2D eigenvalue weighted by Crippen LogP contribution is -2.34. The molecule has 0 saturated carbocycles. The van der Waals surface area contributed by atoms with Crippen LogP contribution in [0.1, 0.15) is 32.4 Å². The van der Waals surface area contributed by atoms with Crippen LogP contribution in [-0.4, -0.2) is 17.7 Å². The number of hydrogen-bond acceptors (Lipinski definition) is 2. The van der Waals surface area contributed by atoms with E-state index in [-0.39, 0.29) is 0 Å². The first-order chi connectivity index (χ1) is 7.52. The number of nitrogens with one attached hydrogen (secondary N) is 1. The molecule has 0 aliphatic carbocycles. The Hall–Kier alpha value is -0.570. The molecule has 2 nitrogen and oxygen atoms in total. The van der Waals surface area contributed by atoms with Gasteiger partial charge in [-0.05, 0) is 18.9 Å². The molecular formula is C13H20ClNO. The van der Waals surface area contributed by atoms with E-state index in [0.717, 1.165) is 5.56 Å². The first kappa shape index (κ1) is 13.5. The van der Waals surface area contributed by atoms with Crippen LogP contribution in [-0.2, 0) is 0 Å². The van der Waals surface area contributed by atoms with Crippen molar-refractivity contribution in [1.29, 1.82) is 0 Å². The fraction of sp³-hybridized carbons (Fsp3) is 0.538. The summed E-state index contributed by atoms with van der Waals surface area (Å²) < 4.78 is 0. The van der Waals surface area contributed by atoms with Crippen molar-refractivity contribution in [2.45, 2.75) is 32.9 Å². The lowest BCUT2D eigenvalue weighted by Gasteiger charge is -2.20. The van der Waals surface area contributed by atoms with E-state index in [1.807, 2.05) is 18.2 Å². The molecule has 0 amide bonds. The predicted octanol–water partition coefficient (Wildman–Crippen LogP) is 3.01. The molecule has 0 aliphatic rings. The van der Waals surface area contributed by atoms with Gasteiger partial charge in [-0.15, -0.1) is 0 Å². The minimum atomic E-state index is -0.546. The lowest BCUT2D eigenvalue weighted by molar-refractivity contribution is 0.167. The van der Waals surface area contributed by atoms with Crippen molar-refractivity contribution in [3.8, 4) is 0 Å². The Morgan fingerprint density at radius 2 is 1.88 bits per heavy atom. The minimum absolute atomic E-state index is 0.386. The Balaban J connectivity index is 2.53. The van der Waals surface area contributed by atoms with Crippen LogP contribution in [0.3, 0.4) is 0 Å². The standard InChI is InChI=1S/C13H20ClNO/c1-9(2)10(3)15-8-13(16)11-6-4-5-7-12(11)14/h4-7,9-10,13,15-16H,8H2,1-3H3. The van der Waals surface area contributed by atoms with Gasteiger partial charge in [0.2, 0.25) is 0 Å². The molecule has 0 aromatic heterocycles. The van der Waals surface area contributed by atoms with Crippen LogP contribution in [0.25, 0.3) is 0 Å². The maximum absolute atomic E-state index is 9.99. The maximum atomic E-state index is 9.99. The Kier molecular flexibility index (Phi) is 5.26. The highest BCUT2D eigenvalue weighted by Gasteiger charge is 2.13. The number of halogens is 1. The second kappa shape index (κ2) is 6.24. The third kappa shape index (κ3) is 3.78. The molecule has 16 heavy (non-hydrogen) atoms. The monoisotopic (exact) mass is 241 g/mol. The molecule has 2 atom stereocenters. The molecule has 0 radical (unpaired) electrons. The number of benzene rings is 1. The normalized spacial score (nSPS) is 15.1. The molecule has 1 aromatic rings. The van der Waals surface area contributed by atoms with Crippen molar-refractivity contribution in [3.63, 3.8) is 0 Å². The molecule has 0 saturated heterocycles. The molecule has 3 heteroatoms. The van der Waals surface area contributed by atoms with Gasteiger partial charge in [0.1, 0.15) is 0 Å². The summed E-state index contributed by atoms with van der Waals surface area (Å²) in [5.41, 5.74) is 0.785. The van der Waals surface area contributed by atoms with Crippen molar-refractivity contribution in [1.82, 2.24) is 5.32 Å². The zero-order chi connectivity index (χ0) is 12.1. The summed E-state index contributed by atoms with van der Waals surface area (Å²) in [4.78, 5) is 0. The van der Waals surface area contributed by atoms with E-state index >= 15 is 0 Å². The Morgan fingerprint density at radius 1 is 1.25 bits per heavy atom. The van der Waals surface area contributed by atoms with E-state index in [0.29, 0.717) is 23.5 Å². The topological polar surface area (TPSA) is 32.3 Å². The molecule has 1 aromatic carbocycles. The largest absolute Gasteiger partial charge is 0.387 e. The van der Waals surface area contributed by atoms with Crippen molar-refractivity contribution >= 4 is 11.6 Å². The second-order valence-electron chi connectivity index (χ2n) is 4.48. The Labute approximate surface area is 103 Å². The van der Waals surface area contributed by atoms with E-state index < -0.39 is 6.10 Å². The first-order valence-corrected chi connectivity index (χ1v) is 6.06. The SMILES string of the molecule is CC(C)C(C)NCC(O)c1ccccc1Cl. The van der Waals surface area contributed by atoms with Crippen molar-refractivity contribution in [3.05, 3.63) is 34.9 Å². The summed E-state index contributed by atoms with van der Waals surface area (Å²) in [7, 11) is 0. The van der Waals surface area contributed by atoms with Gasteiger partial charge in [-0.25, -0.2) is 0 Å². The van der Waals surface area contributed by atoms with Gasteiger partial charge in [-0.1, -0.05) is 43.6 Å². The van der Waals surface area contributed by atoms with Gasteiger partial charge in [0.25, 0.3) is 0 Å². The van der Waals surface area contributed by atoms with Gasteiger partial charge in [0, 0.05) is 23.2 Å². The molecule has 2 N–H and O–H groups in total. The summed E-state index contributed by atoms with van der Waals surface area (Å²) in [6.07, 6.45) is -0.546. The molecule has 1 rings (SSSR count). The van der Waals surface area contributed by atoms with Crippen LogP contribution >= 0.6 is 11.6 Å². The fourth-order valence-corrected chi connectivity index (χ4v) is 1.65. The summed E-state index contributed by atoms with van der Waals surface area (Å²) in [5, 5.41) is 13.9. The second-order valence-corrected chi connectivity index (χ2v) is 4.89. The summed E-state index contributed by atoms with van der Waals surface area (Å²) >= 11 is 6.01. The molecule has 0 heterocycles. The number of hydrogen-bond donors (Lipinski definition) is 2. The summed E-state index contributed by atoms with van der Waals surface area (Å²) in [5.74, 6) is 0.554. The molecule has 0 fully saturated rings. The average Bonchev–Trinajstić information content (AvgIpc) is 2.25. The van der Waals surface area contributed by atoms with Gasteiger partial charge < -0.3 is 10.4 Å². The minimum Gasteiger partial charge on any atom is -0.387 e. The third-order valence-electron chi connectivity index (χ3n) is 2.90. The summed E-state index contributed by atoms with van der Waals surface area (Å²) in [6, 6.07) is 7.79. The first-order valence-electron chi connectivity index (χ1n) is 5.68. The molecule has 0 aliphatic heterocycles. The van der Waals surface area contributed by atoms with Gasteiger partial charge in [0.05, 0.1) is 6.10 Å². The van der Waals surface area contributed by atoms with Gasteiger partial charge in [-0.3, -0.25) is 0 Å². The maximum Gasteiger partial charge on any atom is 0.0928 e. The van der Waals surface area contributed by atoms with E-state index in [9.17, 15) is 5.11 Å². The smallest absolute Gasteiger partial charge is 0.0928 e. The van der Waals surface area contributed by atoms with Crippen molar-refractivity contribution in [2.75, 3.05) is 6.54 Å². The highest BCUT2D eigenvalue weighted by atomic mass is 35.5. The van der Waals surface area contributed by atoms with E-state index in [2.05, 4.69) is 26.1 Å². The zero-order valence-electron chi connectivity index (χ0n) is 10.1. The number of aliphatic hydroxyl groups is 1. The average molecular weight is 242 g/mol. The zero-order valence-corrected chi connectivity index (χ0v) is 10.8. The van der Waals surface area contributed by atoms with Crippen molar-refractivity contribution in [2.24, 2.45) is 5.92 Å². The Morgan fingerprint density at radius 3 is 2.44 bits per heavy atom. The van der Waals surface area contributed by atoms with Crippen LogP contribution in [0.4, 0.5) is 0 Å². The van der Waals surface area contributed by atoms with Crippen molar-refractivity contribution < 1.29 is 5.11 Å². The quantitative estimate of drug-likeness (QED) is 0.831. The molecule has 2 unspecified atom stereocenters. The van der Waals surface area contributed by atoms with Crippen LogP contribution in [0.15, 0.2) is 24.3 Å². The highest BCUT2D eigenvalue weighted by molar-refractivity contribution is 6.31. The van der Waals surface area contributed by atoms with E-state index in [1.54, 1.807) is 6.07 Å². The van der Waals surface area contributed by atoms with Gasteiger partial charge >= 0.3 is 0 Å². The molecular weight excluding hydrogens is 222 g/mol. The van der Waals surface area contributed by atoms with Crippen LogP contribution in [0.2, 0.25) is 5.02 Å². The predicted molar refractivity (Wildman–Crippen MR) is 68.7 cm³/mol. The van der Waals surface area contributed by atoms with E-state index in [1.165, 1.54) is 0 Å². The van der Waals surface area contributed by atoms with Crippen LogP contribution < -0.4 is 5.32 Å². The summed E-state index contributed by atoms with van der Waals surface area (Å²) in [6.45, 7) is 6.95. The van der Waals surface area contributed by atoms with E-state index in [4.69, 9.17) is 11.6 Å². The lowest BCUT2D eigenvalue weighted by atomic mass is 10.1. The fourth-order valence-electron chi connectivity index (χ4n) is 1.39. The van der Waals surface area contributed by atoms with Crippen LogP contribution in [0.5, 0.6) is 0 Å². The third-order valence-corrected chi connectivity index (χ3v) is 3.24. The Bertz CT molecular complexity index is 327. The molecule has 90 valence electrons. The van der Waals surface area contributed by atoms with Gasteiger partial charge in [-0.2, -0.15) is 0 Å². The highest BCUT2D eigenvalue weighted by Crippen LogP contribution is 2.22. The van der Waals surface area contributed by atoms with Gasteiger partial charge in [0.15, 0.2) is 0 Å².